The predicted octanol–water partition coefficient (Wildman–Crippen LogP) is 24.3. The number of carbonyl (C=O) groups is 2. The highest BCUT2D eigenvalue weighted by molar-refractivity contribution is 5.76. The second kappa shape index (κ2) is 71.6. The predicted molar refractivity (Wildman–Crippen MR) is 361 cm³/mol. The first-order valence-corrected chi connectivity index (χ1v) is 37.3. The molecule has 2 unspecified atom stereocenters. The Morgan fingerprint density at radius 3 is 0.866 bits per heavy atom. The number of unbranched alkanes of at least 4 members (excludes halogenated alkanes) is 55. The van der Waals surface area contributed by atoms with Crippen LogP contribution >= 0.6 is 0 Å². The highest BCUT2D eigenvalue weighted by Crippen LogP contribution is 2.19. The molecule has 0 rings (SSSR count). The molecule has 82 heavy (non-hydrogen) atoms. The minimum Gasteiger partial charge on any atom is -0.466 e. The molecule has 0 bridgehead atoms. The summed E-state index contributed by atoms with van der Waals surface area (Å²) in [5.41, 5.74) is 0. The average Bonchev–Trinajstić information content (AvgIpc) is 3.48. The monoisotopic (exact) mass is 1150 g/mol. The normalized spacial score (nSPS) is 12.7. The van der Waals surface area contributed by atoms with E-state index in [4.69, 9.17) is 4.74 Å². The molecule has 0 saturated heterocycles. The van der Waals surface area contributed by atoms with Gasteiger partial charge in [-0.2, -0.15) is 0 Å². The van der Waals surface area contributed by atoms with Gasteiger partial charge >= 0.3 is 5.97 Å². The lowest BCUT2D eigenvalue weighted by Gasteiger charge is -2.20. The molecule has 6 heteroatoms. The minimum absolute atomic E-state index is 0.00598. The van der Waals surface area contributed by atoms with Crippen LogP contribution in [0.4, 0.5) is 0 Å². The minimum atomic E-state index is -0.848. The van der Waals surface area contributed by atoms with Gasteiger partial charge < -0.3 is 20.3 Å². The number of amides is 1. The Balaban J connectivity index is 3.42. The van der Waals surface area contributed by atoms with Crippen molar-refractivity contribution < 1.29 is 24.5 Å². The number of aliphatic hydroxyl groups is 2. The van der Waals surface area contributed by atoms with Crippen molar-refractivity contribution in [2.45, 2.75) is 424 Å². The summed E-state index contributed by atoms with van der Waals surface area (Å²) < 4.78 is 5.49. The van der Waals surface area contributed by atoms with Gasteiger partial charge in [0.1, 0.15) is 0 Å². The van der Waals surface area contributed by atoms with Gasteiger partial charge in [-0.1, -0.05) is 352 Å². The fraction of sp³-hybridized carbons (Fsp3) is 0.895. The summed E-state index contributed by atoms with van der Waals surface area (Å²) in [6.07, 6.45) is 92.4. The molecule has 0 aliphatic rings. The molecule has 0 aliphatic heterocycles. The van der Waals surface area contributed by atoms with Crippen LogP contribution in [-0.4, -0.2) is 47.4 Å². The molecular formula is C76H145NO5. The topological polar surface area (TPSA) is 95.9 Å². The lowest BCUT2D eigenvalue weighted by Crippen LogP contribution is -2.45. The van der Waals surface area contributed by atoms with Crippen LogP contribution in [0.25, 0.3) is 0 Å². The van der Waals surface area contributed by atoms with Crippen molar-refractivity contribution in [1.82, 2.24) is 5.32 Å². The zero-order chi connectivity index (χ0) is 59.2. The highest BCUT2D eigenvalue weighted by atomic mass is 16.5. The number of hydrogen-bond acceptors (Lipinski definition) is 5. The largest absolute Gasteiger partial charge is 0.466 e. The van der Waals surface area contributed by atoms with E-state index < -0.39 is 12.1 Å². The number of aliphatic hydroxyl groups excluding tert-OH is 2. The third kappa shape index (κ3) is 67.2. The van der Waals surface area contributed by atoms with Crippen LogP contribution in [0.3, 0.4) is 0 Å². The van der Waals surface area contributed by atoms with Crippen LogP contribution in [-0.2, 0) is 14.3 Å². The number of carbonyl (C=O) groups excluding carboxylic acids is 2. The molecule has 0 radical (unpaired) electrons. The van der Waals surface area contributed by atoms with Crippen molar-refractivity contribution in [2.24, 2.45) is 0 Å². The van der Waals surface area contributed by atoms with Crippen molar-refractivity contribution in [3.05, 3.63) is 36.5 Å². The molecule has 0 aliphatic carbocycles. The smallest absolute Gasteiger partial charge is 0.305 e. The van der Waals surface area contributed by atoms with Gasteiger partial charge in [0.2, 0.25) is 5.91 Å². The number of hydrogen-bond donors (Lipinski definition) is 3. The van der Waals surface area contributed by atoms with Gasteiger partial charge in [0, 0.05) is 12.8 Å². The first kappa shape index (κ1) is 80.1. The van der Waals surface area contributed by atoms with Crippen LogP contribution in [0.5, 0.6) is 0 Å². The van der Waals surface area contributed by atoms with Crippen molar-refractivity contribution in [2.75, 3.05) is 13.2 Å². The second-order valence-corrected chi connectivity index (χ2v) is 25.6. The quantitative estimate of drug-likeness (QED) is 0.0320. The molecule has 3 N–H and O–H groups in total. The summed E-state index contributed by atoms with van der Waals surface area (Å²) in [5.74, 6) is -0.0595. The number of ether oxygens (including phenoxy) is 1. The van der Waals surface area contributed by atoms with Crippen molar-refractivity contribution in [3.8, 4) is 0 Å². The fourth-order valence-electron chi connectivity index (χ4n) is 11.7. The lowest BCUT2D eigenvalue weighted by molar-refractivity contribution is -0.143. The number of nitrogens with one attached hydrogen (secondary N) is 1. The molecule has 0 aromatic heterocycles. The van der Waals surface area contributed by atoms with Crippen molar-refractivity contribution in [1.29, 1.82) is 0 Å². The van der Waals surface area contributed by atoms with E-state index in [-0.39, 0.29) is 18.5 Å². The van der Waals surface area contributed by atoms with Crippen LogP contribution in [0.15, 0.2) is 36.5 Å². The van der Waals surface area contributed by atoms with E-state index in [0.29, 0.717) is 19.4 Å². The Morgan fingerprint density at radius 2 is 0.573 bits per heavy atom. The Bertz CT molecular complexity index is 1330. The fourth-order valence-corrected chi connectivity index (χ4v) is 11.7. The Morgan fingerprint density at radius 1 is 0.329 bits per heavy atom. The van der Waals surface area contributed by atoms with Crippen LogP contribution < -0.4 is 5.32 Å². The Labute approximate surface area is 513 Å². The Kier molecular flexibility index (Phi) is 69.9. The SMILES string of the molecule is CCCCCCC/C=C\CCCCCCCC(=O)OCCCCCCCCCCCCCC/C=C\CCCCCCCCCCCCC(=O)NC(CO)C(O)/C=C/CCCCCCCCCCCCCCCCCCCCCCCCC. The second-order valence-electron chi connectivity index (χ2n) is 25.6. The van der Waals surface area contributed by atoms with Crippen molar-refractivity contribution >= 4 is 11.9 Å². The van der Waals surface area contributed by atoms with E-state index in [2.05, 4.69) is 43.5 Å². The van der Waals surface area contributed by atoms with Crippen LogP contribution in [0, 0.1) is 0 Å². The maximum atomic E-state index is 12.5. The summed E-state index contributed by atoms with van der Waals surface area (Å²) in [5, 5.41) is 23.3. The average molecular weight is 1150 g/mol. The van der Waals surface area contributed by atoms with E-state index in [0.717, 1.165) is 44.9 Å². The van der Waals surface area contributed by atoms with E-state index in [9.17, 15) is 19.8 Å². The summed E-state index contributed by atoms with van der Waals surface area (Å²) in [6, 6.07) is -0.631. The number of allylic oxidation sites excluding steroid dienone is 5. The molecule has 2 atom stereocenters. The van der Waals surface area contributed by atoms with Gasteiger partial charge in [-0.15, -0.1) is 0 Å². The molecule has 0 aromatic carbocycles. The molecule has 0 heterocycles. The first-order chi connectivity index (χ1) is 40.5. The maximum Gasteiger partial charge on any atom is 0.305 e. The standard InChI is InChI=1S/C76H145NO5/c1-3-5-7-9-11-13-15-17-19-20-21-22-23-26-29-32-35-38-41-44-48-52-56-60-64-68-74(79)73(72-78)77-75(80)69-65-61-57-53-49-45-42-39-36-33-30-27-24-25-28-31-34-37-40-43-47-51-55-59-63-67-71-82-76(81)70-66-62-58-54-50-46-18-16-14-12-10-8-6-4-2/h16,18,24,27,64,68,73-74,78-79H,3-15,17,19-23,25-26,28-63,65-67,69-72H2,1-2H3,(H,77,80)/b18-16-,27-24-,68-64+. The summed E-state index contributed by atoms with van der Waals surface area (Å²) in [7, 11) is 0. The van der Waals surface area contributed by atoms with Gasteiger partial charge in [-0.05, 0) is 83.5 Å². The van der Waals surface area contributed by atoms with Gasteiger partial charge in [0.25, 0.3) is 0 Å². The van der Waals surface area contributed by atoms with Crippen molar-refractivity contribution in [3.63, 3.8) is 0 Å². The van der Waals surface area contributed by atoms with Gasteiger partial charge in [-0.25, -0.2) is 0 Å². The molecule has 0 aromatic rings. The summed E-state index contributed by atoms with van der Waals surface area (Å²) in [6.45, 7) is 4.93. The van der Waals surface area contributed by atoms with Crippen LogP contribution in [0.1, 0.15) is 412 Å². The molecular weight excluding hydrogens is 1010 g/mol. The van der Waals surface area contributed by atoms with E-state index in [1.54, 1.807) is 6.08 Å². The van der Waals surface area contributed by atoms with E-state index in [1.165, 1.54) is 340 Å². The maximum absolute atomic E-state index is 12.5. The number of rotatable bonds is 70. The molecule has 6 nitrogen and oxygen atoms in total. The van der Waals surface area contributed by atoms with E-state index >= 15 is 0 Å². The van der Waals surface area contributed by atoms with Gasteiger partial charge in [-0.3, -0.25) is 9.59 Å². The zero-order valence-corrected chi connectivity index (χ0v) is 55.5. The van der Waals surface area contributed by atoms with Crippen LogP contribution in [0.2, 0.25) is 0 Å². The first-order valence-electron chi connectivity index (χ1n) is 37.3. The molecule has 0 fully saturated rings. The molecule has 0 saturated carbocycles. The Hall–Kier alpha value is -1.92. The lowest BCUT2D eigenvalue weighted by atomic mass is 10.0. The number of esters is 1. The molecule has 484 valence electrons. The third-order valence-electron chi connectivity index (χ3n) is 17.4. The highest BCUT2D eigenvalue weighted by Gasteiger charge is 2.18. The molecule has 1 amide bonds. The van der Waals surface area contributed by atoms with E-state index in [1.807, 2.05) is 6.08 Å². The summed E-state index contributed by atoms with van der Waals surface area (Å²) in [4.78, 5) is 24.6. The van der Waals surface area contributed by atoms with Gasteiger partial charge in [0.05, 0.1) is 25.4 Å². The van der Waals surface area contributed by atoms with Gasteiger partial charge in [0.15, 0.2) is 0 Å². The molecule has 0 spiro atoms. The third-order valence-corrected chi connectivity index (χ3v) is 17.4. The zero-order valence-electron chi connectivity index (χ0n) is 55.5. The summed E-state index contributed by atoms with van der Waals surface area (Å²) >= 11 is 0.